The van der Waals surface area contributed by atoms with Crippen LogP contribution in [0, 0.1) is 0 Å². The lowest BCUT2D eigenvalue weighted by atomic mass is 9.85. The Morgan fingerprint density at radius 3 is 2.46 bits per heavy atom. The van der Waals surface area contributed by atoms with Gasteiger partial charge in [0.25, 0.3) is 0 Å². The summed E-state index contributed by atoms with van der Waals surface area (Å²) in [5.41, 5.74) is -0.908. The third kappa shape index (κ3) is 3.37. The summed E-state index contributed by atoms with van der Waals surface area (Å²) in [5, 5.41) is 10.8. The molecule has 1 aliphatic heterocycles. The molecule has 1 fully saturated rings. The van der Waals surface area contributed by atoms with Gasteiger partial charge in [0.05, 0.1) is 17.9 Å². The Morgan fingerprint density at radius 2 is 1.88 bits per heavy atom. The number of halogens is 3. The zero-order chi connectivity index (χ0) is 17.4. The van der Waals surface area contributed by atoms with Crippen LogP contribution in [0.3, 0.4) is 0 Å². The number of rotatable bonds is 3. The van der Waals surface area contributed by atoms with Crippen molar-refractivity contribution in [3.63, 3.8) is 0 Å². The van der Waals surface area contributed by atoms with Gasteiger partial charge in [-0.05, 0) is 36.8 Å². The van der Waals surface area contributed by atoms with E-state index in [4.69, 9.17) is 4.74 Å². The average molecular weight is 339 g/mol. The fourth-order valence-corrected chi connectivity index (χ4v) is 2.94. The Morgan fingerprint density at radius 1 is 1.17 bits per heavy atom. The van der Waals surface area contributed by atoms with Crippen LogP contribution in [0.25, 0.3) is 0 Å². The summed E-state index contributed by atoms with van der Waals surface area (Å²) in [6, 6.07) is 10.7. The minimum atomic E-state index is -4.73. The molecule has 0 unspecified atom stereocenters. The van der Waals surface area contributed by atoms with Gasteiger partial charge in [0.1, 0.15) is 11.4 Å². The number of pyridine rings is 1. The van der Waals surface area contributed by atoms with Crippen molar-refractivity contribution in [1.29, 1.82) is 0 Å². The van der Waals surface area contributed by atoms with Crippen LogP contribution >= 0.6 is 0 Å². The van der Waals surface area contributed by atoms with Gasteiger partial charge >= 0.3 is 6.36 Å². The van der Waals surface area contributed by atoms with Gasteiger partial charge in [-0.3, -0.25) is 4.98 Å². The highest BCUT2D eigenvalue weighted by molar-refractivity contribution is 5.32. The van der Waals surface area contributed by atoms with Gasteiger partial charge in [-0.25, -0.2) is 0 Å². The molecule has 1 aromatic heterocycles. The molecule has 0 aliphatic carbocycles. The number of hydrogen-bond acceptors (Lipinski definition) is 4. The first-order valence-electron chi connectivity index (χ1n) is 7.34. The molecule has 0 saturated carbocycles. The second-order valence-electron chi connectivity index (χ2n) is 6.02. The van der Waals surface area contributed by atoms with E-state index in [9.17, 15) is 18.3 Å². The first-order chi connectivity index (χ1) is 11.2. The van der Waals surface area contributed by atoms with Crippen molar-refractivity contribution in [2.45, 2.75) is 30.9 Å². The lowest BCUT2D eigenvalue weighted by Crippen LogP contribution is -2.29. The fraction of sp³-hybridized carbons (Fsp3) is 0.353. The molecule has 24 heavy (non-hydrogen) atoms. The molecule has 1 aliphatic rings. The monoisotopic (exact) mass is 339 g/mol. The largest absolute Gasteiger partial charge is 0.573 e. The van der Waals surface area contributed by atoms with Crippen molar-refractivity contribution in [3.8, 4) is 5.75 Å². The third-order valence-electron chi connectivity index (χ3n) is 4.10. The van der Waals surface area contributed by atoms with Crippen LogP contribution in [0.4, 0.5) is 13.2 Å². The molecule has 1 aromatic carbocycles. The standard InChI is InChI=1S/C17H16F3NO3/c1-15(12-5-7-13(8-6-12)24-17(18,19)20)10-16(22,11-23-15)14-4-2-3-9-21-14/h2-9,22H,10-11H2,1H3/t15-,16+/m1/s1. The van der Waals surface area contributed by atoms with Crippen LogP contribution < -0.4 is 4.74 Å². The molecule has 1 N–H and O–H groups in total. The van der Waals surface area contributed by atoms with E-state index in [2.05, 4.69) is 9.72 Å². The van der Waals surface area contributed by atoms with Gasteiger partial charge in [-0.2, -0.15) is 0 Å². The number of hydrogen-bond donors (Lipinski definition) is 1. The maximum absolute atomic E-state index is 12.2. The quantitative estimate of drug-likeness (QED) is 0.930. The third-order valence-corrected chi connectivity index (χ3v) is 4.10. The van der Waals surface area contributed by atoms with Crippen LogP contribution in [-0.2, 0) is 15.9 Å². The second-order valence-corrected chi connectivity index (χ2v) is 6.02. The Labute approximate surface area is 136 Å². The zero-order valence-corrected chi connectivity index (χ0v) is 12.9. The average Bonchev–Trinajstić information content (AvgIpc) is 2.85. The van der Waals surface area contributed by atoms with E-state index in [0.29, 0.717) is 11.3 Å². The van der Waals surface area contributed by atoms with Crippen LogP contribution in [0.1, 0.15) is 24.6 Å². The summed E-state index contributed by atoms with van der Waals surface area (Å²) in [6.45, 7) is 1.84. The van der Waals surface area contributed by atoms with Gasteiger partial charge in [-0.1, -0.05) is 18.2 Å². The first-order valence-corrected chi connectivity index (χ1v) is 7.34. The molecule has 2 atom stereocenters. The second kappa shape index (κ2) is 5.75. The van der Waals surface area contributed by atoms with E-state index in [1.54, 1.807) is 31.3 Å². The Bertz CT molecular complexity index is 705. The smallest absolute Gasteiger partial charge is 0.406 e. The maximum Gasteiger partial charge on any atom is 0.573 e. The first kappa shape index (κ1) is 16.7. The lowest BCUT2D eigenvalue weighted by Gasteiger charge is -2.26. The molecule has 0 bridgehead atoms. The number of alkyl halides is 3. The highest BCUT2D eigenvalue weighted by Gasteiger charge is 2.48. The van der Waals surface area contributed by atoms with Gasteiger partial charge in [0.2, 0.25) is 0 Å². The van der Waals surface area contributed by atoms with Gasteiger partial charge in [0, 0.05) is 12.6 Å². The molecule has 0 radical (unpaired) electrons. The molecule has 2 heterocycles. The van der Waals surface area contributed by atoms with Crippen LogP contribution in [0.5, 0.6) is 5.75 Å². The predicted molar refractivity (Wildman–Crippen MR) is 79.2 cm³/mol. The number of aliphatic hydroxyl groups is 1. The molecule has 2 aromatic rings. The van der Waals surface area contributed by atoms with E-state index >= 15 is 0 Å². The van der Waals surface area contributed by atoms with E-state index in [1.165, 1.54) is 24.3 Å². The molecule has 0 spiro atoms. The van der Waals surface area contributed by atoms with E-state index in [0.717, 1.165) is 0 Å². The van der Waals surface area contributed by atoms with Gasteiger partial charge in [0.15, 0.2) is 0 Å². The number of aromatic nitrogens is 1. The Kier molecular flexibility index (Phi) is 4.01. The van der Waals surface area contributed by atoms with Crippen molar-refractivity contribution in [2.75, 3.05) is 6.61 Å². The SMILES string of the molecule is C[C@]1(c2ccc(OC(F)(F)F)cc2)C[C@@](O)(c2ccccn2)CO1. The molecule has 4 nitrogen and oxygen atoms in total. The molecule has 3 rings (SSSR count). The summed E-state index contributed by atoms with van der Waals surface area (Å²) >= 11 is 0. The molecule has 0 amide bonds. The minimum absolute atomic E-state index is 0.0569. The normalized spacial score (nSPS) is 27.2. The Hall–Kier alpha value is -2.12. The molecular formula is C17H16F3NO3. The summed E-state index contributed by atoms with van der Waals surface area (Å²) in [7, 11) is 0. The summed E-state index contributed by atoms with van der Waals surface area (Å²) < 4.78 is 46.3. The highest BCUT2D eigenvalue weighted by atomic mass is 19.4. The van der Waals surface area contributed by atoms with Gasteiger partial charge < -0.3 is 14.6 Å². The summed E-state index contributed by atoms with van der Waals surface area (Å²) in [4.78, 5) is 4.17. The van der Waals surface area contributed by atoms with Crippen LogP contribution in [0.15, 0.2) is 48.7 Å². The van der Waals surface area contributed by atoms with Crippen LogP contribution in [0.2, 0.25) is 0 Å². The zero-order valence-electron chi connectivity index (χ0n) is 12.9. The fourth-order valence-electron chi connectivity index (χ4n) is 2.94. The van der Waals surface area contributed by atoms with E-state index in [-0.39, 0.29) is 18.8 Å². The van der Waals surface area contributed by atoms with E-state index in [1.807, 2.05) is 0 Å². The number of benzene rings is 1. The lowest BCUT2D eigenvalue weighted by molar-refractivity contribution is -0.274. The van der Waals surface area contributed by atoms with Crippen molar-refractivity contribution in [2.24, 2.45) is 0 Å². The van der Waals surface area contributed by atoms with Crippen LogP contribution in [-0.4, -0.2) is 23.1 Å². The predicted octanol–water partition coefficient (Wildman–Crippen LogP) is 3.50. The molecular weight excluding hydrogens is 323 g/mol. The van der Waals surface area contributed by atoms with Crippen molar-refractivity contribution >= 4 is 0 Å². The molecule has 7 heteroatoms. The molecule has 128 valence electrons. The molecule has 1 saturated heterocycles. The summed E-state index contributed by atoms with van der Waals surface area (Å²) in [6.07, 6.45) is -2.89. The summed E-state index contributed by atoms with van der Waals surface area (Å²) in [5.74, 6) is -0.298. The number of nitrogens with zero attached hydrogens (tertiary/aromatic N) is 1. The highest BCUT2D eigenvalue weighted by Crippen LogP contribution is 2.45. The van der Waals surface area contributed by atoms with Crippen molar-refractivity contribution in [1.82, 2.24) is 4.98 Å². The maximum atomic E-state index is 12.2. The topological polar surface area (TPSA) is 51.6 Å². The van der Waals surface area contributed by atoms with Gasteiger partial charge in [-0.15, -0.1) is 13.2 Å². The van der Waals surface area contributed by atoms with E-state index < -0.39 is 17.6 Å². The minimum Gasteiger partial charge on any atom is -0.406 e. The number of ether oxygens (including phenoxy) is 2. The van der Waals surface area contributed by atoms with Crippen molar-refractivity contribution < 1.29 is 27.8 Å². The Balaban J connectivity index is 1.80. The van der Waals surface area contributed by atoms with Crippen molar-refractivity contribution in [3.05, 3.63) is 59.9 Å².